The lowest BCUT2D eigenvalue weighted by Gasteiger charge is -2.45. The largest absolute Gasteiger partial charge is 0.462 e. The summed E-state index contributed by atoms with van der Waals surface area (Å²) in [5, 5.41) is 71.2. The van der Waals surface area contributed by atoms with E-state index in [0.29, 0.717) is 0 Å². The lowest BCUT2D eigenvalue weighted by molar-refractivity contribution is -0.384. The molecule has 10 atom stereocenters. The van der Waals surface area contributed by atoms with Gasteiger partial charge in [0.05, 0.1) is 17.6 Å². The highest BCUT2D eigenvalue weighted by molar-refractivity contribution is 5.36. The van der Waals surface area contributed by atoms with E-state index in [-0.39, 0.29) is 11.4 Å². The van der Waals surface area contributed by atoms with Gasteiger partial charge in [0.25, 0.3) is 5.69 Å². The average Bonchev–Trinajstić information content (AvgIpc) is 2.75. The summed E-state index contributed by atoms with van der Waals surface area (Å²) in [5.74, 6) is 0.0996. The van der Waals surface area contributed by atoms with Crippen LogP contribution < -0.4 is 4.74 Å². The molecule has 0 amide bonds. The van der Waals surface area contributed by atoms with E-state index in [2.05, 4.69) is 0 Å². The molecular formula is C18H25NO12. The topological polar surface area (TPSA) is 201 Å². The summed E-state index contributed by atoms with van der Waals surface area (Å²) in [7, 11) is 0. The predicted octanol–water partition coefficient (Wildman–Crippen LogP) is -2.37. The van der Waals surface area contributed by atoms with Gasteiger partial charge in [0, 0.05) is 12.1 Å². The SMILES string of the molecule is C[C@@H]1O[C@@H](O[C@@H]2[C@@H](O)[C@H](Oc3ccc([N+](=O)[O-])cc3)O[C@H](CO)[C@H]2O)[C@@H](O)[C@H](O)[C@@H]1O. The molecule has 174 valence electrons. The third kappa shape index (κ3) is 4.95. The summed E-state index contributed by atoms with van der Waals surface area (Å²) in [4.78, 5) is 10.2. The molecule has 31 heavy (non-hydrogen) atoms. The molecule has 0 saturated carbocycles. The summed E-state index contributed by atoms with van der Waals surface area (Å²) >= 11 is 0. The smallest absolute Gasteiger partial charge is 0.269 e. The maximum absolute atomic E-state index is 10.8. The van der Waals surface area contributed by atoms with Crippen LogP contribution in [0.5, 0.6) is 5.75 Å². The molecule has 2 heterocycles. The van der Waals surface area contributed by atoms with Crippen LogP contribution in [0.25, 0.3) is 0 Å². The second-order valence-corrected chi connectivity index (χ2v) is 7.36. The number of aliphatic hydroxyl groups is 6. The predicted molar refractivity (Wildman–Crippen MR) is 98.7 cm³/mol. The van der Waals surface area contributed by atoms with E-state index < -0.39 is 72.9 Å². The first-order valence-electron chi connectivity index (χ1n) is 9.52. The average molecular weight is 447 g/mol. The van der Waals surface area contributed by atoms with Crippen LogP contribution in [0.4, 0.5) is 5.69 Å². The molecule has 0 unspecified atom stereocenters. The number of benzene rings is 1. The molecule has 1 aromatic rings. The maximum atomic E-state index is 10.8. The van der Waals surface area contributed by atoms with E-state index in [1.165, 1.54) is 31.2 Å². The van der Waals surface area contributed by atoms with Crippen LogP contribution in [0, 0.1) is 10.1 Å². The molecule has 2 fully saturated rings. The summed E-state index contributed by atoms with van der Waals surface area (Å²) in [5.41, 5.74) is -0.180. The van der Waals surface area contributed by atoms with E-state index in [4.69, 9.17) is 18.9 Å². The third-order valence-corrected chi connectivity index (χ3v) is 5.22. The number of nitrogens with zero attached hydrogens (tertiary/aromatic N) is 1. The van der Waals surface area contributed by atoms with E-state index in [9.17, 15) is 40.8 Å². The molecule has 3 rings (SSSR count). The van der Waals surface area contributed by atoms with E-state index in [1.54, 1.807) is 0 Å². The van der Waals surface area contributed by atoms with Crippen molar-refractivity contribution in [3.8, 4) is 5.75 Å². The minimum absolute atomic E-state index is 0.0996. The van der Waals surface area contributed by atoms with Crippen LogP contribution in [0.1, 0.15) is 6.92 Å². The second kappa shape index (κ2) is 9.68. The van der Waals surface area contributed by atoms with Gasteiger partial charge in [0.2, 0.25) is 6.29 Å². The summed E-state index contributed by atoms with van der Waals surface area (Å²) < 4.78 is 21.7. The van der Waals surface area contributed by atoms with Crippen molar-refractivity contribution in [2.75, 3.05) is 6.61 Å². The van der Waals surface area contributed by atoms with Gasteiger partial charge in [-0.05, 0) is 19.1 Å². The number of hydrogen-bond donors (Lipinski definition) is 6. The lowest BCUT2D eigenvalue weighted by Crippen LogP contribution is -2.64. The van der Waals surface area contributed by atoms with Crippen molar-refractivity contribution < 1.29 is 54.5 Å². The molecule has 2 saturated heterocycles. The van der Waals surface area contributed by atoms with E-state index in [1.807, 2.05) is 0 Å². The number of hydrogen-bond acceptors (Lipinski definition) is 12. The lowest BCUT2D eigenvalue weighted by atomic mass is 9.97. The van der Waals surface area contributed by atoms with E-state index in [0.717, 1.165) is 0 Å². The van der Waals surface area contributed by atoms with Crippen molar-refractivity contribution in [1.29, 1.82) is 0 Å². The van der Waals surface area contributed by atoms with E-state index >= 15 is 0 Å². The number of nitro groups is 1. The van der Waals surface area contributed by atoms with Crippen LogP contribution in [0.3, 0.4) is 0 Å². The Morgan fingerprint density at radius 2 is 1.58 bits per heavy atom. The monoisotopic (exact) mass is 447 g/mol. The van der Waals surface area contributed by atoms with Crippen molar-refractivity contribution in [2.24, 2.45) is 0 Å². The van der Waals surface area contributed by atoms with Crippen LogP contribution >= 0.6 is 0 Å². The van der Waals surface area contributed by atoms with Gasteiger partial charge in [-0.2, -0.15) is 0 Å². The van der Waals surface area contributed by atoms with Gasteiger partial charge in [-0.1, -0.05) is 0 Å². The zero-order valence-corrected chi connectivity index (χ0v) is 16.4. The highest BCUT2D eigenvalue weighted by Gasteiger charge is 2.50. The Balaban J connectivity index is 1.75. The Morgan fingerprint density at radius 1 is 0.935 bits per heavy atom. The zero-order chi connectivity index (χ0) is 22.9. The molecule has 13 nitrogen and oxygen atoms in total. The number of non-ortho nitro benzene ring substituents is 1. The molecule has 0 bridgehead atoms. The Bertz CT molecular complexity index is 748. The van der Waals surface area contributed by atoms with Gasteiger partial charge in [-0.3, -0.25) is 10.1 Å². The molecule has 2 aliphatic heterocycles. The quantitative estimate of drug-likeness (QED) is 0.200. The van der Waals surface area contributed by atoms with Crippen molar-refractivity contribution >= 4 is 5.69 Å². The molecular weight excluding hydrogens is 422 g/mol. The Morgan fingerprint density at radius 3 is 2.16 bits per heavy atom. The molecule has 13 heteroatoms. The second-order valence-electron chi connectivity index (χ2n) is 7.36. The fourth-order valence-electron chi connectivity index (χ4n) is 3.37. The molecule has 0 aliphatic carbocycles. The first-order chi connectivity index (χ1) is 14.6. The number of rotatable bonds is 6. The highest BCUT2D eigenvalue weighted by atomic mass is 16.7. The minimum Gasteiger partial charge on any atom is -0.462 e. The molecule has 1 aromatic carbocycles. The van der Waals surface area contributed by atoms with Gasteiger partial charge in [0.1, 0.15) is 48.5 Å². The molecule has 0 spiro atoms. The fourth-order valence-corrected chi connectivity index (χ4v) is 3.37. The molecule has 0 radical (unpaired) electrons. The maximum Gasteiger partial charge on any atom is 0.269 e. The summed E-state index contributed by atoms with van der Waals surface area (Å²) in [6.45, 7) is 0.768. The van der Waals surface area contributed by atoms with Gasteiger partial charge >= 0.3 is 0 Å². The number of nitro benzene ring substituents is 1. The van der Waals surface area contributed by atoms with Gasteiger partial charge < -0.3 is 49.6 Å². The van der Waals surface area contributed by atoms with Crippen molar-refractivity contribution in [3.63, 3.8) is 0 Å². The third-order valence-electron chi connectivity index (χ3n) is 5.22. The Hall–Kier alpha value is -1.94. The minimum atomic E-state index is -1.69. The normalized spacial score (nSPS) is 41.0. The van der Waals surface area contributed by atoms with Crippen molar-refractivity contribution in [3.05, 3.63) is 34.4 Å². The van der Waals surface area contributed by atoms with Crippen LogP contribution in [0.2, 0.25) is 0 Å². The fraction of sp³-hybridized carbons (Fsp3) is 0.667. The Labute approximate surface area is 176 Å². The van der Waals surface area contributed by atoms with Gasteiger partial charge in [0.15, 0.2) is 6.29 Å². The van der Waals surface area contributed by atoms with Gasteiger partial charge in [-0.15, -0.1) is 0 Å². The van der Waals surface area contributed by atoms with Crippen LogP contribution in [-0.2, 0) is 14.2 Å². The number of aliphatic hydroxyl groups excluding tert-OH is 6. The molecule has 6 N–H and O–H groups in total. The number of ether oxygens (including phenoxy) is 4. The van der Waals surface area contributed by atoms with Crippen molar-refractivity contribution in [1.82, 2.24) is 0 Å². The standard InChI is InChI=1S/C18H25NO12/c1-7-11(21)13(23)14(24)17(28-7)31-16-12(22)10(6-20)30-18(15(16)25)29-9-4-2-8(3-5-9)19(26)27/h2-5,7,10-18,20-25H,6H2,1H3/t7-,10+,11+,12+,13+,14-,15+,16-,17-,18+/m0/s1. The van der Waals surface area contributed by atoms with Gasteiger partial charge in [-0.25, -0.2) is 0 Å². The zero-order valence-electron chi connectivity index (χ0n) is 16.4. The first kappa shape index (κ1) is 23.7. The van der Waals surface area contributed by atoms with Crippen LogP contribution in [0.15, 0.2) is 24.3 Å². The van der Waals surface area contributed by atoms with Crippen molar-refractivity contribution in [2.45, 2.75) is 68.3 Å². The summed E-state index contributed by atoms with van der Waals surface area (Å²) in [6, 6.07) is 4.90. The highest BCUT2D eigenvalue weighted by Crippen LogP contribution is 2.30. The summed E-state index contributed by atoms with van der Waals surface area (Å²) in [6.07, 6.45) is -14.5. The molecule has 2 aliphatic rings. The van der Waals surface area contributed by atoms with Crippen LogP contribution in [-0.4, -0.2) is 104 Å². The Kier molecular flexibility index (Phi) is 7.41. The molecule has 0 aromatic heterocycles. The first-order valence-corrected chi connectivity index (χ1v) is 9.52.